The number of nitrogens with one attached hydrogen (secondary N) is 1. The summed E-state index contributed by atoms with van der Waals surface area (Å²) in [6.07, 6.45) is 0. The average Bonchev–Trinajstić information content (AvgIpc) is 2.29. The molecular weight excluding hydrogens is 271 g/mol. The number of hydrogen-bond donors (Lipinski definition) is 2. The largest absolute Gasteiger partial charge is 0.308 e. The Morgan fingerprint density at radius 1 is 1.00 bits per heavy atom. The average molecular weight is 287 g/mol. The first kappa shape index (κ1) is 16.6. The summed E-state index contributed by atoms with van der Waals surface area (Å²) in [5, 5.41) is 0.560. The zero-order valence-corrected chi connectivity index (χ0v) is 11.8. The molecule has 3 N–H and O–H groups in total. The molecule has 0 spiro atoms. The Kier molecular flexibility index (Phi) is 8.03. The fourth-order valence-electron chi connectivity index (χ4n) is 1.13. The molecule has 98 valence electrons. The van der Waals surface area contributed by atoms with Gasteiger partial charge in [0.1, 0.15) is 11.0 Å². The lowest BCUT2D eigenvalue weighted by Crippen LogP contribution is -2.08. The first-order chi connectivity index (χ1) is 8.11. The Morgan fingerprint density at radius 2 is 1.56 bits per heavy atom. The fourth-order valence-corrected chi connectivity index (χ4v) is 1.34. The summed E-state index contributed by atoms with van der Waals surface area (Å²) in [7, 11) is 0. The van der Waals surface area contributed by atoms with E-state index >= 15 is 0 Å². The maximum Gasteiger partial charge on any atom is 0.140 e. The van der Waals surface area contributed by atoms with Crippen LogP contribution in [-0.4, -0.2) is 9.97 Å². The molecule has 0 radical (unpaired) electrons. The van der Waals surface area contributed by atoms with Gasteiger partial charge in [-0.25, -0.2) is 15.8 Å². The maximum absolute atomic E-state index is 5.53. The van der Waals surface area contributed by atoms with Gasteiger partial charge in [-0.1, -0.05) is 23.7 Å². The highest BCUT2D eigenvalue weighted by Crippen LogP contribution is 2.02. The molecule has 2 rings (SSSR count). The number of nitrogen functional groups attached to an aromatic ring is 1. The number of aromatic nitrogens is 2. The smallest absolute Gasteiger partial charge is 0.140 e. The maximum atomic E-state index is 5.53. The minimum atomic E-state index is 0. The number of halogens is 2. The van der Waals surface area contributed by atoms with Gasteiger partial charge in [-0.2, -0.15) is 0 Å². The van der Waals surface area contributed by atoms with Crippen LogP contribution >= 0.6 is 24.0 Å². The van der Waals surface area contributed by atoms with Gasteiger partial charge in [0.05, 0.1) is 0 Å². The van der Waals surface area contributed by atoms with Crippen LogP contribution in [-0.2, 0) is 0 Å². The highest BCUT2D eigenvalue weighted by atomic mass is 35.5. The molecule has 2 aromatic rings. The minimum absolute atomic E-state index is 0. The van der Waals surface area contributed by atoms with Crippen molar-refractivity contribution in [2.45, 2.75) is 13.8 Å². The molecule has 2 aromatic heterocycles. The van der Waals surface area contributed by atoms with Crippen LogP contribution in [0.1, 0.15) is 11.4 Å². The summed E-state index contributed by atoms with van der Waals surface area (Å²) in [4.78, 5) is 7.99. The molecule has 0 atom stereocenters. The number of hydrogen-bond acceptors (Lipinski definition) is 4. The number of aryl methyl sites for hydroxylation is 2. The van der Waals surface area contributed by atoms with Crippen LogP contribution in [0.15, 0.2) is 36.4 Å². The summed E-state index contributed by atoms with van der Waals surface area (Å²) in [6.45, 7) is 3.83. The molecule has 0 unspecified atom stereocenters. The molecule has 0 aliphatic heterocycles. The molecule has 6 heteroatoms. The van der Waals surface area contributed by atoms with Gasteiger partial charge in [0.2, 0.25) is 0 Å². The number of rotatable bonds is 1. The zero-order chi connectivity index (χ0) is 12.7. The van der Waals surface area contributed by atoms with Crippen molar-refractivity contribution in [1.29, 1.82) is 0 Å². The van der Waals surface area contributed by atoms with E-state index in [9.17, 15) is 0 Å². The Bertz CT molecular complexity index is 460. The Labute approximate surface area is 118 Å². The highest BCUT2D eigenvalue weighted by molar-refractivity contribution is 6.29. The van der Waals surface area contributed by atoms with E-state index in [0.29, 0.717) is 11.0 Å². The summed E-state index contributed by atoms with van der Waals surface area (Å²) >= 11 is 5.53. The van der Waals surface area contributed by atoms with Crippen molar-refractivity contribution < 1.29 is 0 Å². The van der Waals surface area contributed by atoms with Gasteiger partial charge in [0.25, 0.3) is 0 Å². The molecule has 4 nitrogen and oxygen atoms in total. The molecule has 0 bridgehead atoms. The lowest BCUT2D eigenvalue weighted by molar-refractivity contribution is 1.16. The van der Waals surface area contributed by atoms with Crippen LogP contribution in [0.2, 0.25) is 5.15 Å². The quantitative estimate of drug-likeness (QED) is 0.480. The number of hydrazine groups is 1. The molecule has 0 saturated carbocycles. The Balaban J connectivity index is 0.000000306. The van der Waals surface area contributed by atoms with Crippen LogP contribution in [0.3, 0.4) is 0 Å². The van der Waals surface area contributed by atoms with Crippen molar-refractivity contribution in [1.82, 2.24) is 9.97 Å². The van der Waals surface area contributed by atoms with Gasteiger partial charge in [-0.15, -0.1) is 12.4 Å². The van der Waals surface area contributed by atoms with E-state index in [1.54, 1.807) is 6.07 Å². The third-order valence-electron chi connectivity index (χ3n) is 1.89. The number of nitrogens with two attached hydrogens (primary N) is 1. The van der Waals surface area contributed by atoms with E-state index in [-0.39, 0.29) is 12.4 Å². The summed E-state index contributed by atoms with van der Waals surface area (Å²) < 4.78 is 0. The fraction of sp³-hybridized carbons (Fsp3) is 0.167. The van der Waals surface area contributed by atoms with Crippen LogP contribution in [0.5, 0.6) is 0 Å². The highest BCUT2D eigenvalue weighted by Gasteiger charge is 1.86. The standard InChI is InChI=1S/C6H6ClN.C6H9N3.ClH/c1-5-3-2-4-6(7)8-5;1-5-3-2-4-6(8-5)9-7;/h2-4H,1H3;2-4H,7H2,1H3,(H,8,9);1H. The second-order valence-corrected chi connectivity index (χ2v) is 3.80. The molecule has 0 aliphatic carbocycles. The van der Waals surface area contributed by atoms with Crippen LogP contribution in [0, 0.1) is 13.8 Å². The van der Waals surface area contributed by atoms with Gasteiger partial charge >= 0.3 is 0 Å². The zero-order valence-electron chi connectivity index (χ0n) is 10.2. The number of nitrogens with zero attached hydrogens (tertiary/aromatic N) is 2. The molecule has 0 amide bonds. The number of anilines is 1. The second kappa shape index (κ2) is 8.69. The van der Waals surface area contributed by atoms with Crippen molar-refractivity contribution in [3.8, 4) is 0 Å². The molecule has 0 saturated heterocycles. The third-order valence-corrected chi connectivity index (χ3v) is 2.10. The van der Waals surface area contributed by atoms with Crippen molar-refractivity contribution >= 4 is 29.8 Å². The van der Waals surface area contributed by atoms with E-state index in [1.165, 1.54) is 0 Å². The molecule has 0 aromatic carbocycles. The first-order valence-corrected chi connectivity index (χ1v) is 5.49. The van der Waals surface area contributed by atoms with Gasteiger partial charge in [-0.3, -0.25) is 0 Å². The monoisotopic (exact) mass is 286 g/mol. The lowest BCUT2D eigenvalue weighted by Gasteiger charge is -1.96. The second-order valence-electron chi connectivity index (χ2n) is 3.41. The van der Waals surface area contributed by atoms with Crippen LogP contribution in [0.4, 0.5) is 5.82 Å². The van der Waals surface area contributed by atoms with E-state index < -0.39 is 0 Å². The van der Waals surface area contributed by atoms with Crippen molar-refractivity contribution in [3.63, 3.8) is 0 Å². The SMILES string of the molecule is Cc1cccc(Cl)n1.Cc1cccc(NN)n1.Cl. The normalized spacial score (nSPS) is 8.67. The Morgan fingerprint density at radius 3 is 1.89 bits per heavy atom. The van der Waals surface area contributed by atoms with Gasteiger partial charge in [-0.05, 0) is 38.1 Å². The molecule has 18 heavy (non-hydrogen) atoms. The van der Waals surface area contributed by atoms with Crippen molar-refractivity contribution in [2.24, 2.45) is 5.84 Å². The van der Waals surface area contributed by atoms with E-state index in [0.717, 1.165) is 11.4 Å². The molecular formula is C12H16Cl2N4. The topological polar surface area (TPSA) is 63.8 Å². The Hall–Kier alpha value is -1.36. The van der Waals surface area contributed by atoms with Gasteiger partial charge in [0, 0.05) is 11.4 Å². The predicted octanol–water partition coefficient (Wildman–Crippen LogP) is 3.14. The van der Waals surface area contributed by atoms with E-state index in [1.807, 2.05) is 44.2 Å². The van der Waals surface area contributed by atoms with Gasteiger partial charge < -0.3 is 5.43 Å². The molecule has 0 fully saturated rings. The summed E-state index contributed by atoms with van der Waals surface area (Å²) in [6, 6.07) is 11.2. The summed E-state index contributed by atoms with van der Waals surface area (Å²) in [5.74, 6) is 5.81. The molecule has 2 heterocycles. The van der Waals surface area contributed by atoms with Crippen molar-refractivity contribution in [2.75, 3.05) is 5.43 Å². The number of pyridine rings is 2. The van der Waals surface area contributed by atoms with E-state index in [4.69, 9.17) is 17.4 Å². The predicted molar refractivity (Wildman–Crippen MR) is 78.0 cm³/mol. The van der Waals surface area contributed by atoms with Crippen molar-refractivity contribution in [3.05, 3.63) is 52.9 Å². The third kappa shape index (κ3) is 6.39. The first-order valence-electron chi connectivity index (χ1n) is 5.11. The van der Waals surface area contributed by atoms with E-state index in [2.05, 4.69) is 15.4 Å². The van der Waals surface area contributed by atoms with Crippen LogP contribution < -0.4 is 11.3 Å². The minimum Gasteiger partial charge on any atom is -0.308 e. The summed E-state index contributed by atoms with van der Waals surface area (Å²) in [5.41, 5.74) is 4.38. The lowest BCUT2D eigenvalue weighted by atomic mass is 10.4. The molecule has 0 aliphatic rings. The van der Waals surface area contributed by atoms with Crippen LogP contribution in [0.25, 0.3) is 0 Å². The van der Waals surface area contributed by atoms with Gasteiger partial charge in [0.15, 0.2) is 0 Å².